The fourth-order valence-corrected chi connectivity index (χ4v) is 4.03. The summed E-state index contributed by atoms with van der Waals surface area (Å²) >= 11 is 0. The van der Waals surface area contributed by atoms with E-state index in [1.807, 2.05) is 55.7 Å². The van der Waals surface area contributed by atoms with E-state index in [9.17, 15) is 9.90 Å². The molecule has 0 fully saturated rings. The summed E-state index contributed by atoms with van der Waals surface area (Å²) in [5.41, 5.74) is 4.16. The number of Topliss-reactive ketones (excluding diaryl/α,β-unsaturated/α-hetero) is 1. The second-order valence-electron chi connectivity index (χ2n) is 7.83. The summed E-state index contributed by atoms with van der Waals surface area (Å²) in [5.74, 6) is 0.653. The number of hydrogen-bond acceptors (Lipinski definition) is 4. The number of nitrogens with one attached hydrogen (secondary N) is 1. The average molecular weight is 410 g/mol. The van der Waals surface area contributed by atoms with Crippen LogP contribution in [0.1, 0.15) is 27.0 Å². The second kappa shape index (κ2) is 7.78. The molecule has 5 nitrogen and oxygen atoms in total. The Kier molecular flexibility index (Phi) is 4.81. The number of H-pyrrole nitrogens is 1. The van der Waals surface area contributed by atoms with E-state index in [0.717, 1.165) is 23.0 Å². The van der Waals surface area contributed by atoms with Crippen LogP contribution in [-0.2, 0) is 13.1 Å². The minimum atomic E-state index is -0.174. The molecule has 0 aliphatic carbocycles. The van der Waals surface area contributed by atoms with Gasteiger partial charge in [0.2, 0.25) is 5.78 Å². The largest absolute Gasteiger partial charge is 0.507 e. The molecule has 3 aromatic carbocycles. The molecule has 0 atom stereocenters. The number of ether oxygens (including phenoxy) is 1. The lowest BCUT2D eigenvalue weighted by molar-refractivity contribution is 0.101. The Balaban J connectivity index is 1.45. The number of fused-ring (bicyclic) bond motifs is 2. The Morgan fingerprint density at radius 3 is 2.61 bits per heavy atom. The molecule has 1 aromatic heterocycles. The number of nitrogens with zero attached hydrogens (tertiary/aromatic N) is 1. The third-order valence-corrected chi connectivity index (χ3v) is 5.55. The highest BCUT2D eigenvalue weighted by Crippen LogP contribution is 2.40. The number of aromatic hydroxyl groups is 1. The predicted octanol–water partition coefficient (Wildman–Crippen LogP) is 5.12. The van der Waals surface area contributed by atoms with Crippen LogP contribution in [0.5, 0.6) is 11.5 Å². The van der Waals surface area contributed by atoms with Crippen molar-refractivity contribution in [3.8, 4) is 11.5 Å². The van der Waals surface area contributed by atoms with E-state index < -0.39 is 0 Å². The van der Waals surface area contributed by atoms with Gasteiger partial charge in [0.1, 0.15) is 11.5 Å². The Morgan fingerprint density at radius 2 is 1.77 bits per heavy atom. The number of phenols is 1. The Bertz CT molecular complexity index is 1300. The summed E-state index contributed by atoms with van der Waals surface area (Å²) in [7, 11) is 1.98. The zero-order chi connectivity index (χ0) is 21.4. The first kappa shape index (κ1) is 19.2. The molecule has 0 saturated carbocycles. The van der Waals surface area contributed by atoms with Crippen molar-refractivity contribution >= 4 is 22.8 Å². The molecule has 2 heterocycles. The maximum atomic E-state index is 13.0. The molecule has 31 heavy (non-hydrogen) atoms. The number of aromatic nitrogens is 1. The minimum Gasteiger partial charge on any atom is -0.507 e. The molecule has 5 heteroatoms. The summed E-state index contributed by atoms with van der Waals surface area (Å²) in [5, 5.41) is 11.5. The highest BCUT2D eigenvalue weighted by Gasteiger charge is 2.31. The van der Waals surface area contributed by atoms with Gasteiger partial charge in [0.15, 0.2) is 5.76 Å². The van der Waals surface area contributed by atoms with Crippen molar-refractivity contribution in [1.29, 1.82) is 0 Å². The standard InChI is InChI=1S/C26H22N2O3/c1-28(15-17-7-3-2-4-8-17)16-21-23(29)12-11-20-25(30)24(31-26(20)21)13-18-14-27-22-10-6-5-9-19(18)22/h2-14,27,29H,15-16H2,1H3/b24-13+. The van der Waals surface area contributed by atoms with Crippen LogP contribution >= 0.6 is 0 Å². The molecule has 0 amide bonds. The maximum Gasteiger partial charge on any atom is 0.231 e. The van der Waals surface area contributed by atoms with E-state index in [-0.39, 0.29) is 17.3 Å². The zero-order valence-corrected chi connectivity index (χ0v) is 17.1. The van der Waals surface area contributed by atoms with Crippen LogP contribution in [-0.4, -0.2) is 27.8 Å². The van der Waals surface area contributed by atoms with Gasteiger partial charge in [-0.25, -0.2) is 0 Å². The molecule has 0 bridgehead atoms. The normalized spacial score (nSPS) is 14.4. The fourth-order valence-electron chi connectivity index (χ4n) is 4.03. The predicted molar refractivity (Wildman–Crippen MR) is 121 cm³/mol. The van der Waals surface area contributed by atoms with E-state index in [1.54, 1.807) is 18.2 Å². The summed E-state index contributed by atoms with van der Waals surface area (Å²) in [6.07, 6.45) is 3.62. The average Bonchev–Trinajstić information content (AvgIpc) is 3.33. The van der Waals surface area contributed by atoms with Crippen LogP contribution in [0.3, 0.4) is 0 Å². The van der Waals surface area contributed by atoms with Crippen molar-refractivity contribution in [1.82, 2.24) is 9.88 Å². The number of allylic oxidation sites excluding steroid dienone is 1. The second-order valence-corrected chi connectivity index (χ2v) is 7.83. The van der Waals surface area contributed by atoms with Crippen LogP contribution < -0.4 is 4.74 Å². The molecule has 5 rings (SSSR count). The SMILES string of the molecule is CN(Cc1ccccc1)Cc1c(O)ccc2c1O/C(=C/c1c[nH]c3ccccc13)C2=O. The monoisotopic (exact) mass is 410 g/mol. The van der Waals surface area contributed by atoms with E-state index in [0.29, 0.717) is 23.4 Å². The van der Waals surface area contributed by atoms with Crippen molar-refractivity contribution < 1.29 is 14.6 Å². The first-order chi connectivity index (χ1) is 15.1. The van der Waals surface area contributed by atoms with Crippen LogP contribution in [0, 0.1) is 0 Å². The van der Waals surface area contributed by atoms with E-state index in [1.165, 1.54) is 5.56 Å². The van der Waals surface area contributed by atoms with Crippen LogP contribution in [0.4, 0.5) is 0 Å². The van der Waals surface area contributed by atoms with Crippen molar-refractivity contribution in [2.75, 3.05) is 7.05 Å². The first-order valence-electron chi connectivity index (χ1n) is 10.2. The summed E-state index contributed by atoms with van der Waals surface area (Å²) < 4.78 is 6.02. The lowest BCUT2D eigenvalue weighted by atomic mass is 10.0. The van der Waals surface area contributed by atoms with Gasteiger partial charge < -0.3 is 14.8 Å². The molecule has 1 aliphatic rings. The molecular weight excluding hydrogens is 388 g/mol. The summed E-state index contributed by atoms with van der Waals surface area (Å²) in [6, 6.07) is 21.2. The molecule has 2 N–H and O–H groups in total. The molecule has 1 aliphatic heterocycles. The molecular formula is C26H22N2O3. The van der Waals surface area contributed by atoms with Gasteiger partial charge >= 0.3 is 0 Å². The molecule has 0 spiro atoms. The molecule has 4 aromatic rings. The van der Waals surface area contributed by atoms with Crippen LogP contribution in [0.25, 0.3) is 17.0 Å². The first-order valence-corrected chi connectivity index (χ1v) is 10.2. The molecule has 0 unspecified atom stereocenters. The minimum absolute atomic E-state index is 0.125. The highest BCUT2D eigenvalue weighted by molar-refractivity contribution is 6.15. The van der Waals surface area contributed by atoms with Gasteiger partial charge in [0.05, 0.1) is 11.1 Å². The summed E-state index contributed by atoms with van der Waals surface area (Å²) in [6.45, 7) is 1.17. The van der Waals surface area contributed by atoms with E-state index in [4.69, 9.17) is 4.74 Å². The van der Waals surface area contributed by atoms with E-state index >= 15 is 0 Å². The molecule has 154 valence electrons. The maximum absolute atomic E-state index is 13.0. The van der Waals surface area contributed by atoms with Gasteiger partial charge in [-0.15, -0.1) is 0 Å². The van der Waals surface area contributed by atoms with Crippen LogP contribution in [0.15, 0.2) is 78.7 Å². The van der Waals surface area contributed by atoms with Gasteiger partial charge in [-0.3, -0.25) is 9.69 Å². The Labute approximate surface area is 180 Å². The number of para-hydroxylation sites is 1. The van der Waals surface area contributed by atoms with Crippen LogP contribution in [0.2, 0.25) is 0 Å². The number of ketones is 1. The number of benzene rings is 3. The van der Waals surface area contributed by atoms with Gasteiger partial charge in [-0.1, -0.05) is 48.5 Å². The fraction of sp³-hybridized carbons (Fsp3) is 0.115. The van der Waals surface area contributed by atoms with Crippen molar-refractivity contribution in [3.05, 3.63) is 101 Å². The number of carbonyl (C=O) groups is 1. The lowest BCUT2D eigenvalue weighted by Crippen LogP contribution is -2.17. The number of rotatable bonds is 5. The van der Waals surface area contributed by atoms with Crippen molar-refractivity contribution in [2.45, 2.75) is 13.1 Å². The Hall–Kier alpha value is -3.83. The summed E-state index contributed by atoms with van der Waals surface area (Å²) in [4.78, 5) is 18.3. The van der Waals surface area contributed by atoms with Gasteiger partial charge in [0.25, 0.3) is 0 Å². The third-order valence-electron chi connectivity index (χ3n) is 5.55. The van der Waals surface area contributed by atoms with Gasteiger partial charge in [-0.05, 0) is 36.9 Å². The van der Waals surface area contributed by atoms with Crippen molar-refractivity contribution in [3.63, 3.8) is 0 Å². The van der Waals surface area contributed by atoms with E-state index in [2.05, 4.69) is 22.0 Å². The molecule has 0 radical (unpaired) electrons. The number of carbonyl (C=O) groups excluding carboxylic acids is 1. The van der Waals surface area contributed by atoms with Crippen molar-refractivity contribution in [2.24, 2.45) is 0 Å². The smallest absolute Gasteiger partial charge is 0.231 e. The number of aromatic amines is 1. The topological polar surface area (TPSA) is 65.6 Å². The molecule has 0 saturated heterocycles. The zero-order valence-electron chi connectivity index (χ0n) is 17.1. The third kappa shape index (κ3) is 3.60. The number of phenolic OH excluding ortho intramolecular Hbond substituents is 1. The van der Waals surface area contributed by atoms with Gasteiger partial charge in [0, 0.05) is 35.8 Å². The Morgan fingerprint density at radius 1 is 1.00 bits per heavy atom. The number of hydrogen-bond donors (Lipinski definition) is 2. The highest BCUT2D eigenvalue weighted by atomic mass is 16.5. The quantitative estimate of drug-likeness (QED) is 0.448. The van der Waals surface area contributed by atoms with Gasteiger partial charge in [-0.2, -0.15) is 0 Å². The lowest BCUT2D eigenvalue weighted by Gasteiger charge is -2.19.